The maximum Gasteiger partial charge on any atom is 0.0278 e. The van der Waals surface area contributed by atoms with Crippen molar-refractivity contribution in [1.29, 1.82) is 0 Å². The summed E-state index contributed by atoms with van der Waals surface area (Å²) in [7, 11) is 0. The number of nitrogens with zero attached hydrogens (tertiary/aromatic N) is 1. The third-order valence-electron chi connectivity index (χ3n) is 5.87. The van der Waals surface area contributed by atoms with Crippen LogP contribution in [0.1, 0.15) is 72.6 Å². The van der Waals surface area contributed by atoms with Gasteiger partial charge in [0.05, 0.1) is 0 Å². The van der Waals surface area contributed by atoms with E-state index in [9.17, 15) is 0 Å². The van der Waals surface area contributed by atoms with E-state index in [1.54, 1.807) is 0 Å². The zero-order valence-corrected chi connectivity index (χ0v) is 13.5. The van der Waals surface area contributed by atoms with Crippen LogP contribution in [0, 0.1) is 5.92 Å². The van der Waals surface area contributed by atoms with Crippen LogP contribution in [0.2, 0.25) is 0 Å². The second-order valence-electron chi connectivity index (χ2n) is 7.17. The van der Waals surface area contributed by atoms with Gasteiger partial charge in [-0.15, -0.1) is 0 Å². The van der Waals surface area contributed by atoms with Gasteiger partial charge in [-0.05, 0) is 45.4 Å². The van der Waals surface area contributed by atoms with Gasteiger partial charge in [-0.3, -0.25) is 4.90 Å². The summed E-state index contributed by atoms with van der Waals surface area (Å²) in [6.45, 7) is 12.0. The van der Waals surface area contributed by atoms with E-state index in [2.05, 4.69) is 37.9 Å². The van der Waals surface area contributed by atoms with Crippen LogP contribution in [0.25, 0.3) is 0 Å². The number of rotatable bonds is 4. The Morgan fingerprint density at radius 2 is 1.89 bits per heavy atom. The SMILES string of the molecule is CCC1CNC(C)(CC)CN1C(C)C1CCCCC1. The fourth-order valence-corrected chi connectivity index (χ4v) is 4.05. The summed E-state index contributed by atoms with van der Waals surface area (Å²) < 4.78 is 0. The predicted octanol–water partition coefficient (Wildman–Crippen LogP) is 3.81. The lowest BCUT2D eigenvalue weighted by atomic mass is 9.81. The Labute approximate surface area is 120 Å². The van der Waals surface area contributed by atoms with Crippen LogP contribution in [0.5, 0.6) is 0 Å². The summed E-state index contributed by atoms with van der Waals surface area (Å²) in [6.07, 6.45) is 9.83. The van der Waals surface area contributed by atoms with Gasteiger partial charge in [-0.1, -0.05) is 33.1 Å². The minimum atomic E-state index is 0.328. The lowest BCUT2D eigenvalue weighted by Crippen LogP contribution is -2.65. The van der Waals surface area contributed by atoms with Gasteiger partial charge in [0, 0.05) is 30.7 Å². The molecule has 1 heterocycles. The lowest BCUT2D eigenvalue weighted by molar-refractivity contribution is 0.0198. The average molecular weight is 266 g/mol. The Morgan fingerprint density at radius 1 is 1.21 bits per heavy atom. The Bertz CT molecular complexity index is 272. The summed E-state index contributed by atoms with van der Waals surface area (Å²) >= 11 is 0. The molecule has 112 valence electrons. The Morgan fingerprint density at radius 3 is 2.47 bits per heavy atom. The Hall–Kier alpha value is -0.0800. The Balaban J connectivity index is 2.04. The summed E-state index contributed by atoms with van der Waals surface area (Å²) in [5.74, 6) is 0.946. The van der Waals surface area contributed by atoms with E-state index in [1.807, 2.05) is 0 Å². The average Bonchev–Trinajstić information content (AvgIpc) is 2.47. The minimum absolute atomic E-state index is 0.328. The molecule has 0 spiro atoms. The fraction of sp³-hybridized carbons (Fsp3) is 1.00. The highest BCUT2D eigenvalue weighted by molar-refractivity contribution is 4.97. The van der Waals surface area contributed by atoms with Crippen LogP contribution in [0.3, 0.4) is 0 Å². The first-order valence-electron chi connectivity index (χ1n) is 8.60. The molecule has 1 N–H and O–H groups in total. The molecule has 0 aromatic heterocycles. The molecule has 2 rings (SSSR count). The molecule has 0 radical (unpaired) electrons. The molecule has 2 fully saturated rings. The van der Waals surface area contributed by atoms with Crippen LogP contribution in [-0.2, 0) is 0 Å². The molecule has 1 saturated heterocycles. The molecule has 0 aromatic rings. The number of hydrogen-bond acceptors (Lipinski definition) is 2. The number of hydrogen-bond donors (Lipinski definition) is 1. The largest absolute Gasteiger partial charge is 0.309 e. The van der Waals surface area contributed by atoms with E-state index < -0.39 is 0 Å². The van der Waals surface area contributed by atoms with Gasteiger partial charge >= 0.3 is 0 Å². The van der Waals surface area contributed by atoms with Crippen molar-refractivity contribution >= 4 is 0 Å². The van der Waals surface area contributed by atoms with Crippen molar-refractivity contribution in [3.8, 4) is 0 Å². The van der Waals surface area contributed by atoms with Gasteiger partial charge < -0.3 is 5.32 Å². The topological polar surface area (TPSA) is 15.3 Å². The van der Waals surface area contributed by atoms with Crippen LogP contribution in [-0.4, -0.2) is 35.6 Å². The second kappa shape index (κ2) is 6.58. The molecule has 0 amide bonds. The van der Waals surface area contributed by atoms with E-state index >= 15 is 0 Å². The molecular formula is C17H34N2. The van der Waals surface area contributed by atoms with Gasteiger partial charge in [-0.25, -0.2) is 0 Å². The van der Waals surface area contributed by atoms with Crippen LogP contribution in [0.15, 0.2) is 0 Å². The van der Waals surface area contributed by atoms with Crippen LogP contribution < -0.4 is 5.32 Å². The van der Waals surface area contributed by atoms with E-state index in [-0.39, 0.29) is 0 Å². The standard InChI is InChI=1S/C17H34N2/c1-5-16-12-18-17(4,6-2)13-19(16)14(3)15-10-8-7-9-11-15/h14-16,18H,5-13H2,1-4H3. The van der Waals surface area contributed by atoms with E-state index in [0.29, 0.717) is 5.54 Å². The van der Waals surface area contributed by atoms with Gasteiger partial charge in [0.15, 0.2) is 0 Å². The highest BCUT2D eigenvalue weighted by Crippen LogP contribution is 2.32. The smallest absolute Gasteiger partial charge is 0.0278 e. The third kappa shape index (κ3) is 3.52. The first kappa shape index (κ1) is 15.3. The highest BCUT2D eigenvalue weighted by Gasteiger charge is 2.38. The van der Waals surface area contributed by atoms with E-state index in [0.717, 1.165) is 18.0 Å². The van der Waals surface area contributed by atoms with E-state index in [4.69, 9.17) is 0 Å². The first-order valence-corrected chi connectivity index (χ1v) is 8.60. The van der Waals surface area contributed by atoms with Crippen molar-refractivity contribution in [2.24, 2.45) is 5.92 Å². The lowest BCUT2D eigenvalue weighted by Gasteiger charge is -2.50. The molecule has 1 saturated carbocycles. The molecule has 1 aliphatic carbocycles. The van der Waals surface area contributed by atoms with Crippen molar-refractivity contribution < 1.29 is 0 Å². The van der Waals surface area contributed by atoms with Crippen molar-refractivity contribution in [1.82, 2.24) is 10.2 Å². The number of piperazine rings is 1. The molecule has 2 aliphatic rings. The summed E-state index contributed by atoms with van der Waals surface area (Å²) in [4.78, 5) is 2.84. The first-order chi connectivity index (χ1) is 9.09. The van der Waals surface area contributed by atoms with Crippen molar-refractivity contribution in [3.05, 3.63) is 0 Å². The fourth-order valence-electron chi connectivity index (χ4n) is 4.05. The third-order valence-corrected chi connectivity index (χ3v) is 5.87. The summed E-state index contributed by atoms with van der Waals surface area (Å²) in [6, 6.07) is 1.52. The molecule has 0 aromatic carbocycles. The van der Waals surface area contributed by atoms with Crippen molar-refractivity contribution in [2.45, 2.75) is 90.3 Å². The quantitative estimate of drug-likeness (QED) is 0.832. The monoisotopic (exact) mass is 266 g/mol. The van der Waals surface area contributed by atoms with E-state index in [1.165, 1.54) is 58.0 Å². The molecule has 2 heteroatoms. The summed E-state index contributed by atoms with van der Waals surface area (Å²) in [5, 5.41) is 3.79. The molecular weight excluding hydrogens is 232 g/mol. The van der Waals surface area contributed by atoms with Gasteiger partial charge in [0.2, 0.25) is 0 Å². The minimum Gasteiger partial charge on any atom is -0.309 e. The van der Waals surface area contributed by atoms with Crippen LogP contribution >= 0.6 is 0 Å². The van der Waals surface area contributed by atoms with Gasteiger partial charge in [-0.2, -0.15) is 0 Å². The molecule has 3 unspecified atom stereocenters. The Kier molecular flexibility index (Phi) is 5.30. The summed E-state index contributed by atoms with van der Waals surface area (Å²) in [5.41, 5.74) is 0.328. The maximum absolute atomic E-state index is 3.79. The zero-order chi connectivity index (χ0) is 13.9. The van der Waals surface area contributed by atoms with Gasteiger partial charge in [0.1, 0.15) is 0 Å². The van der Waals surface area contributed by atoms with Crippen molar-refractivity contribution in [2.75, 3.05) is 13.1 Å². The zero-order valence-electron chi connectivity index (χ0n) is 13.5. The molecule has 3 atom stereocenters. The van der Waals surface area contributed by atoms with Crippen molar-refractivity contribution in [3.63, 3.8) is 0 Å². The second-order valence-corrected chi connectivity index (χ2v) is 7.17. The highest BCUT2D eigenvalue weighted by atomic mass is 15.3. The predicted molar refractivity (Wildman–Crippen MR) is 83.5 cm³/mol. The number of nitrogens with one attached hydrogen (secondary N) is 1. The van der Waals surface area contributed by atoms with Gasteiger partial charge in [0.25, 0.3) is 0 Å². The molecule has 19 heavy (non-hydrogen) atoms. The molecule has 1 aliphatic heterocycles. The molecule has 0 bridgehead atoms. The molecule has 2 nitrogen and oxygen atoms in total. The van der Waals surface area contributed by atoms with Crippen LogP contribution in [0.4, 0.5) is 0 Å². The maximum atomic E-state index is 3.79. The normalized spacial score (nSPS) is 36.3.